The maximum absolute atomic E-state index is 11.9. The molecule has 1 N–H and O–H groups in total. The summed E-state index contributed by atoms with van der Waals surface area (Å²) >= 11 is 4.78. The summed E-state index contributed by atoms with van der Waals surface area (Å²) in [6.07, 6.45) is 0.967. The van der Waals surface area contributed by atoms with Crippen LogP contribution in [0.5, 0.6) is 0 Å². The number of hydrogen-bond donors (Lipinski definition) is 1. The summed E-state index contributed by atoms with van der Waals surface area (Å²) < 4.78 is 0.963. The van der Waals surface area contributed by atoms with Gasteiger partial charge in [0.2, 0.25) is 0 Å². The number of carbonyl (C=O) groups excluding carboxylic acids is 1. The highest BCUT2D eigenvalue weighted by molar-refractivity contribution is 9.11. The lowest BCUT2D eigenvalue weighted by Crippen LogP contribution is -2.10. The first-order chi connectivity index (χ1) is 8.19. The molecule has 1 aromatic heterocycles. The summed E-state index contributed by atoms with van der Waals surface area (Å²) in [4.78, 5) is 12.6. The minimum absolute atomic E-state index is 0.0612. The van der Waals surface area contributed by atoms with Crippen LogP contribution in [0.4, 0.5) is 5.69 Å². The Bertz CT molecular complexity index is 536. The molecule has 4 heteroatoms. The number of anilines is 1. The lowest BCUT2D eigenvalue weighted by atomic mass is 10.1. The van der Waals surface area contributed by atoms with E-state index in [1.807, 2.05) is 30.3 Å². The third-order valence-electron chi connectivity index (χ3n) is 2.39. The van der Waals surface area contributed by atoms with Gasteiger partial charge in [0, 0.05) is 5.69 Å². The predicted molar refractivity (Wildman–Crippen MR) is 75.8 cm³/mol. The van der Waals surface area contributed by atoms with Gasteiger partial charge < -0.3 is 5.32 Å². The van der Waals surface area contributed by atoms with Crippen molar-refractivity contribution in [2.45, 2.75) is 13.3 Å². The molecular weight excluding hydrogens is 298 g/mol. The van der Waals surface area contributed by atoms with Crippen molar-refractivity contribution in [2.24, 2.45) is 0 Å². The van der Waals surface area contributed by atoms with Crippen LogP contribution in [0, 0.1) is 0 Å². The van der Waals surface area contributed by atoms with E-state index >= 15 is 0 Å². The number of benzene rings is 1. The fourth-order valence-corrected chi connectivity index (χ4v) is 2.78. The second-order valence-corrected chi connectivity index (χ2v) is 6.07. The molecule has 2 rings (SSSR count). The molecule has 0 atom stereocenters. The van der Waals surface area contributed by atoms with Crippen LogP contribution in [0.25, 0.3) is 0 Å². The van der Waals surface area contributed by atoms with E-state index in [9.17, 15) is 4.79 Å². The first-order valence-corrected chi connectivity index (χ1v) is 6.95. The second kappa shape index (κ2) is 5.47. The van der Waals surface area contributed by atoms with Gasteiger partial charge in [0.15, 0.2) is 0 Å². The SMILES string of the molecule is CCc1cccc(NC(=O)c2ccc(Br)s2)c1. The van der Waals surface area contributed by atoms with Gasteiger partial charge in [-0.2, -0.15) is 0 Å². The highest BCUT2D eigenvalue weighted by Gasteiger charge is 2.08. The third kappa shape index (κ3) is 3.17. The number of hydrogen-bond acceptors (Lipinski definition) is 2. The van der Waals surface area contributed by atoms with Crippen molar-refractivity contribution in [3.63, 3.8) is 0 Å². The average molecular weight is 310 g/mol. The van der Waals surface area contributed by atoms with Crippen LogP contribution in [0.15, 0.2) is 40.2 Å². The van der Waals surface area contributed by atoms with E-state index in [1.165, 1.54) is 16.9 Å². The smallest absolute Gasteiger partial charge is 0.265 e. The number of aryl methyl sites for hydroxylation is 1. The molecule has 88 valence electrons. The summed E-state index contributed by atoms with van der Waals surface area (Å²) in [5.41, 5.74) is 2.06. The van der Waals surface area contributed by atoms with Gasteiger partial charge in [0.25, 0.3) is 5.91 Å². The van der Waals surface area contributed by atoms with Gasteiger partial charge in [-0.25, -0.2) is 0 Å². The van der Waals surface area contributed by atoms with E-state index in [1.54, 1.807) is 0 Å². The van der Waals surface area contributed by atoms with Crippen molar-refractivity contribution in [2.75, 3.05) is 5.32 Å². The van der Waals surface area contributed by atoms with Crippen molar-refractivity contribution >= 4 is 38.9 Å². The monoisotopic (exact) mass is 309 g/mol. The zero-order valence-corrected chi connectivity index (χ0v) is 11.8. The molecule has 1 amide bonds. The van der Waals surface area contributed by atoms with Crippen molar-refractivity contribution in [3.8, 4) is 0 Å². The zero-order valence-electron chi connectivity index (χ0n) is 9.37. The molecule has 0 fully saturated rings. The molecule has 0 saturated carbocycles. The fraction of sp³-hybridized carbons (Fsp3) is 0.154. The number of nitrogens with one attached hydrogen (secondary N) is 1. The van der Waals surface area contributed by atoms with Crippen molar-refractivity contribution in [3.05, 3.63) is 50.6 Å². The Morgan fingerprint density at radius 3 is 2.82 bits per heavy atom. The Morgan fingerprint density at radius 2 is 2.18 bits per heavy atom. The summed E-state index contributed by atoms with van der Waals surface area (Å²) in [5, 5.41) is 2.90. The van der Waals surface area contributed by atoms with Crippen LogP contribution in [-0.2, 0) is 6.42 Å². The molecule has 0 saturated heterocycles. The molecule has 1 heterocycles. The highest BCUT2D eigenvalue weighted by Crippen LogP contribution is 2.23. The van der Waals surface area contributed by atoms with Gasteiger partial charge in [-0.15, -0.1) is 11.3 Å². The van der Waals surface area contributed by atoms with Crippen LogP contribution in [0.3, 0.4) is 0 Å². The predicted octanol–water partition coefficient (Wildman–Crippen LogP) is 4.33. The summed E-state index contributed by atoms with van der Waals surface area (Å²) in [5.74, 6) is -0.0612. The largest absolute Gasteiger partial charge is 0.321 e. The number of amides is 1. The number of rotatable bonds is 3. The minimum Gasteiger partial charge on any atom is -0.321 e. The van der Waals surface area contributed by atoms with E-state index in [0.717, 1.165) is 15.9 Å². The van der Waals surface area contributed by atoms with Crippen LogP contribution < -0.4 is 5.32 Å². The van der Waals surface area contributed by atoms with Crippen molar-refractivity contribution < 1.29 is 4.79 Å². The van der Waals surface area contributed by atoms with Gasteiger partial charge in [0.1, 0.15) is 0 Å². The Kier molecular flexibility index (Phi) is 3.97. The fourth-order valence-electron chi connectivity index (χ4n) is 1.50. The molecule has 0 aliphatic rings. The quantitative estimate of drug-likeness (QED) is 0.898. The minimum atomic E-state index is -0.0612. The van der Waals surface area contributed by atoms with Crippen LogP contribution in [0.1, 0.15) is 22.2 Å². The van der Waals surface area contributed by atoms with E-state index in [0.29, 0.717) is 4.88 Å². The molecule has 1 aromatic carbocycles. The van der Waals surface area contributed by atoms with E-state index in [4.69, 9.17) is 0 Å². The molecule has 0 unspecified atom stereocenters. The van der Waals surface area contributed by atoms with Gasteiger partial charge in [0.05, 0.1) is 8.66 Å². The number of halogens is 1. The summed E-state index contributed by atoms with van der Waals surface area (Å²) in [6, 6.07) is 11.6. The third-order valence-corrected chi connectivity index (χ3v) is 4.01. The molecule has 0 aliphatic heterocycles. The molecule has 2 aromatic rings. The zero-order chi connectivity index (χ0) is 12.3. The van der Waals surface area contributed by atoms with Crippen molar-refractivity contribution in [1.29, 1.82) is 0 Å². The maximum atomic E-state index is 11.9. The molecule has 17 heavy (non-hydrogen) atoms. The van der Waals surface area contributed by atoms with E-state index in [2.05, 4.69) is 34.2 Å². The highest BCUT2D eigenvalue weighted by atomic mass is 79.9. The first-order valence-electron chi connectivity index (χ1n) is 5.34. The van der Waals surface area contributed by atoms with E-state index in [-0.39, 0.29) is 5.91 Å². The number of thiophene rings is 1. The number of carbonyl (C=O) groups is 1. The topological polar surface area (TPSA) is 29.1 Å². The van der Waals surface area contributed by atoms with E-state index < -0.39 is 0 Å². The second-order valence-electron chi connectivity index (χ2n) is 3.61. The normalized spacial score (nSPS) is 10.2. The molecule has 2 nitrogen and oxygen atoms in total. The van der Waals surface area contributed by atoms with Gasteiger partial charge in [-0.1, -0.05) is 19.1 Å². The molecule has 0 spiro atoms. The maximum Gasteiger partial charge on any atom is 0.265 e. The van der Waals surface area contributed by atoms with Gasteiger partial charge in [-0.3, -0.25) is 4.79 Å². The van der Waals surface area contributed by atoms with Crippen LogP contribution in [-0.4, -0.2) is 5.91 Å². The molecule has 0 bridgehead atoms. The molecule has 0 radical (unpaired) electrons. The molecular formula is C13H12BrNOS. The Hall–Kier alpha value is -1.13. The van der Waals surface area contributed by atoms with Crippen LogP contribution in [0.2, 0.25) is 0 Å². The standard InChI is InChI=1S/C13H12BrNOS/c1-2-9-4-3-5-10(8-9)15-13(16)11-6-7-12(14)17-11/h3-8H,2H2,1H3,(H,15,16). The Balaban J connectivity index is 2.12. The first kappa shape index (κ1) is 12.3. The summed E-state index contributed by atoms with van der Waals surface area (Å²) in [6.45, 7) is 2.09. The molecule has 0 aliphatic carbocycles. The lowest BCUT2D eigenvalue weighted by molar-refractivity contribution is 0.103. The Morgan fingerprint density at radius 1 is 1.35 bits per heavy atom. The lowest BCUT2D eigenvalue weighted by Gasteiger charge is -2.05. The van der Waals surface area contributed by atoms with Crippen LogP contribution >= 0.6 is 27.3 Å². The van der Waals surface area contributed by atoms with Gasteiger partial charge in [-0.05, 0) is 52.2 Å². The summed E-state index contributed by atoms with van der Waals surface area (Å²) in [7, 11) is 0. The van der Waals surface area contributed by atoms with Crippen molar-refractivity contribution in [1.82, 2.24) is 0 Å². The Labute approximate surface area is 113 Å². The average Bonchev–Trinajstić information content (AvgIpc) is 2.76. The van der Waals surface area contributed by atoms with Gasteiger partial charge >= 0.3 is 0 Å².